The molecule has 0 bridgehead atoms. The first-order valence-corrected chi connectivity index (χ1v) is 5.56. The molecule has 4 N–H and O–H groups in total. The molecule has 6 nitrogen and oxygen atoms in total. The lowest BCUT2D eigenvalue weighted by atomic mass is 10.1. The highest BCUT2D eigenvalue weighted by molar-refractivity contribution is 5.77. The Hall–Kier alpha value is -0.690. The van der Waals surface area contributed by atoms with Gasteiger partial charge in [-0.1, -0.05) is 6.92 Å². The van der Waals surface area contributed by atoms with Gasteiger partial charge >= 0.3 is 0 Å². The third kappa shape index (κ3) is 3.71. The SMILES string of the molecule is CC1CN(CC(C)C(=O)NN)CC(CO)O1. The molecule has 0 aromatic heterocycles. The summed E-state index contributed by atoms with van der Waals surface area (Å²) in [7, 11) is 0. The Labute approximate surface area is 95.7 Å². The summed E-state index contributed by atoms with van der Waals surface area (Å²) in [5, 5.41) is 9.07. The van der Waals surface area contributed by atoms with Crippen molar-refractivity contribution in [1.29, 1.82) is 0 Å². The van der Waals surface area contributed by atoms with Crippen LogP contribution in [-0.4, -0.2) is 54.4 Å². The number of morpholine rings is 1. The molecule has 3 atom stereocenters. The molecule has 16 heavy (non-hydrogen) atoms. The number of ether oxygens (including phenoxy) is 1. The summed E-state index contributed by atoms with van der Waals surface area (Å²) in [6.07, 6.45) is -0.0732. The van der Waals surface area contributed by atoms with Crippen LogP contribution in [0.25, 0.3) is 0 Å². The molecule has 0 radical (unpaired) electrons. The van der Waals surface area contributed by atoms with E-state index in [1.54, 1.807) is 0 Å². The Morgan fingerprint density at radius 1 is 1.69 bits per heavy atom. The van der Waals surface area contributed by atoms with Crippen molar-refractivity contribution in [1.82, 2.24) is 10.3 Å². The van der Waals surface area contributed by atoms with E-state index in [2.05, 4.69) is 10.3 Å². The van der Waals surface area contributed by atoms with Crippen LogP contribution in [0.5, 0.6) is 0 Å². The average molecular weight is 231 g/mol. The molecule has 1 aliphatic heterocycles. The molecule has 1 amide bonds. The minimum Gasteiger partial charge on any atom is -0.394 e. The van der Waals surface area contributed by atoms with Crippen molar-refractivity contribution in [2.45, 2.75) is 26.1 Å². The summed E-state index contributed by atoms with van der Waals surface area (Å²) < 4.78 is 5.52. The summed E-state index contributed by atoms with van der Waals surface area (Å²) in [4.78, 5) is 13.4. The minimum atomic E-state index is -0.167. The zero-order chi connectivity index (χ0) is 12.1. The first-order valence-electron chi connectivity index (χ1n) is 5.56. The van der Waals surface area contributed by atoms with Crippen LogP contribution in [0.15, 0.2) is 0 Å². The molecule has 0 spiro atoms. The van der Waals surface area contributed by atoms with Gasteiger partial charge in [-0.15, -0.1) is 0 Å². The Bertz CT molecular complexity index is 237. The van der Waals surface area contributed by atoms with E-state index in [1.807, 2.05) is 13.8 Å². The molecule has 94 valence electrons. The highest BCUT2D eigenvalue weighted by Gasteiger charge is 2.26. The van der Waals surface area contributed by atoms with Crippen molar-refractivity contribution in [2.24, 2.45) is 11.8 Å². The smallest absolute Gasteiger partial charge is 0.237 e. The summed E-state index contributed by atoms with van der Waals surface area (Å²) >= 11 is 0. The van der Waals surface area contributed by atoms with Gasteiger partial charge in [0.15, 0.2) is 0 Å². The van der Waals surface area contributed by atoms with Crippen molar-refractivity contribution >= 4 is 5.91 Å². The van der Waals surface area contributed by atoms with Gasteiger partial charge in [0.05, 0.1) is 18.8 Å². The summed E-state index contributed by atoms with van der Waals surface area (Å²) in [5.74, 6) is 4.75. The van der Waals surface area contributed by atoms with E-state index in [0.717, 1.165) is 6.54 Å². The lowest BCUT2D eigenvalue weighted by Crippen LogP contribution is -2.50. The Morgan fingerprint density at radius 2 is 2.38 bits per heavy atom. The molecule has 0 aromatic carbocycles. The third-order valence-electron chi connectivity index (χ3n) is 2.73. The average Bonchev–Trinajstić information content (AvgIpc) is 2.26. The fraction of sp³-hybridized carbons (Fsp3) is 0.900. The highest BCUT2D eigenvalue weighted by Crippen LogP contribution is 2.12. The molecular weight excluding hydrogens is 210 g/mol. The quantitative estimate of drug-likeness (QED) is 0.318. The maximum Gasteiger partial charge on any atom is 0.237 e. The number of carbonyl (C=O) groups excluding carboxylic acids is 1. The minimum absolute atomic E-state index is 0.0122. The molecule has 1 aliphatic rings. The number of hydrazine groups is 1. The highest BCUT2D eigenvalue weighted by atomic mass is 16.5. The van der Waals surface area contributed by atoms with Gasteiger partial charge in [0, 0.05) is 25.6 Å². The Kier molecular flexibility index (Phi) is 5.14. The second-order valence-electron chi connectivity index (χ2n) is 4.38. The fourth-order valence-corrected chi connectivity index (χ4v) is 2.00. The topological polar surface area (TPSA) is 87.8 Å². The summed E-state index contributed by atoms with van der Waals surface area (Å²) in [6, 6.07) is 0. The van der Waals surface area contributed by atoms with Gasteiger partial charge in [-0.05, 0) is 6.92 Å². The van der Waals surface area contributed by atoms with Crippen LogP contribution in [-0.2, 0) is 9.53 Å². The fourth-order valence-electron chi connectivity index (χ4n) is 2.00. The van der Waals surface area contributed by atoms with Crippen LogP contribution < -0.4 is 11.3 Å². The van der Waals surface area contributed by atoms with Gasteiger partial charge in [0.1, 0.15) is 0 Å². The van der Waals surface area contributed by atoms with Crippen molar-refractivity contribution in [3.05, 3.63) is 0 Å². The lowest BCUT2D eigenvalue weighted by Gasteiger charge is -2.36. The van der Waals surface area contributed by atoms with Crippen molar-refractivity contribution in [3.63, 3.8) is 0 Å². The number of hydrogen-bond donors (Lipinski definition) is 3. The number of aliphatic hydroxyl groups is 1. The lowest BCUT2D eigenvalue weighted by molar-refractivity contribution is -0.128. The number of nitrogens with zero attached hydrogens (tertiary/aromatic N) is 1. The zero-order valence-electron chi connectivity index (χ0n) is 9.85. The second kappa shape index (κ2) is 6.15. The van der Waals surface area contributed by atoms with Gasteiger partial charge in [-0.25, -0.2) is 5.84 Å². The van der Waals surface area contributed by atoms with Crippen molar-refractivity contribution in [3.8, 4) is 0 Å². The molecule has 1 fully saturated rings. The van der Waals surface area contributed by atoms with Crippen LogP contribution in [0.4, 0.5) is 0 Å². The Morgan fingerprint density at radius 3 is 2.94 bits per heavy atom. The van der Waals surface area contributed by atoms with Gasteiger partial charge in [-0.3, -0.25) is 15.1 Å². The number of hydrogen-bond acceptors (Lipinski definition) is 5. The number of carbonyl (C=O) groups is 1. The number of amides is 1. The van der Waals surface area contributed by atoms with Crippen LogP contribution in [0.2, 0.25) is 0 Å². The van der Waals surface area contributed by atoms with E-state index < -0.39 is 0 Å². The van der Waals surface area contributed by atoms with Gasteiger partial charge in [0.2, 0.25) is 5.91 Å². The molecule has 6 heteroatoms. The van der Waals surface area contributed by atoms with E-state index >= 15 is 0 Å². The second-order valence-corrected chi connectivity index (χ2v) is 4.38. The van der Waals surface area contributed by atoms with E-state index in [0.29, 0.717) is 13.1 Å². The Balaban J connectivity index is 2.44. The largest absolute Gasteiger partial charge is 0.394 e. The van der Waals surface area contributed by atoms with Crippen molar-refractivity contribution in [2.75, 3.05) is 26.2 Å². The molecule has 0 aromatic rings. The molecule has 0 aliphatic carbocycles. The normalized spacial score (nSPS) is 28.8. The van der Waals surface area contributed by atoms with Crippen molar-refractivity contribution < 1.29 is 14.6 Å². The number of nitrogens with one attached hydrogen (secondary N) is 1. The molecular formula is C10H21N3O3. The van der Waals surface area contributed by atoms with E-state index in [4.69, 9.17) is 15.7 Å². The molecule has 3 unspecified atom stereocenters. The number of aliphatic hydroxyl groups excluding tert-OH is 1. The predicted octanol–water partition coefficient (Wildman–Crippen LogP) is -1.31. The summed E-state index contributed by atoms with van der Waals surface area (Å²) in [6.45, 7) is 5.87. The first-order chi connectivity index (χ1) is 7.56. The van der Waals surface area contributed by atoms with Gasteiger partial charge in [-0.2, -0.15) is 0 Å². The van der Waals surface area contributed by atoms with Crippen LogP contribution in [0, 0.1) is 5.92 Å². The molecule has 1 heterocycles. The number of rotatable bonds is 4. The van der Waals surface area contributed by atoms with E-state index in [1.165, 1.54) is 0 Å². The van der Waals surface area contributed by atoms with Crippen LogP contribution in [0.3, 0.4) is 0 Å². The standard InChI is InChI=1S/C10H21N3O3/c1-7(10(15)12-11)3-13-4-8(2)16-9(5-13)6-14/h7-9,14H,3-6,11H2,1-2H3,(H,12,15). The predicted molar refractivity (Wildman–Crippen MR) is 59.4 cm³/mol. The third-order valence-corrected chi connectivity index (χ3v) is 2.73. The maximum atomic E-state index is 11.3. The number of nitrogens with two attached hydrogens (primary N) is 1. The van der Waals surface area contributed by atoms with E-state index in [-0.39, 0.29) is 30.6 Å². The molecule has 0 saturated carbocycles. The first kappa shape index (κ1) is 13.4. The van der Waals surface area contributed by atoms with Gasteiger partial charge < -0.3 is 9.84 Å². The molecule has 1 rings (SSSR count). The monoisotopic (exact) mass is 231 g/mol. The zero-order valence-corrected chi connectivity index (χ0v) is 9.85. The van der Waals surface area contributed by atoms with Crippen LogP contribution in [0.1, 0.15) is 13.8 Å². The van der Waals surface area contributed by atoms with Gasteiger partial charge in [0.25, 0.3) is 0 Å². The molecule has 1 saturated heterocycles. The summed E-state index contributed by atoms with van der Waals surface area (Å²) in [5.41, 5.74) is 2.14. The van der Waals surface area contributed by atoms with E-state index in [9.17, 15) is 4.79 Å². The maximum absolute atomic E-state index is 11.3. The van der Waals surface area contributed by atoms with Crippen LogP contribution >= 0.6 is 0 Å².